The van der Waals surface area contributed by atoms with Gasteiger partial charge in [-0.3, -0.25) is 4.98 Å². The van der Waals surface area contributed by atoms with Crippen LogP contribution in [0.5, 0.6) is 0 Å². The highest BCUT2D eigenvalue weighted by molar-refractivity contribution is 5.52. The highest BCUT2D eigenvalue weighted by Crippen LogP contribution is 2.14. The number of aryl methyl sites for hydroxylation is 1. The van der Waals surface area contributed by atoms with Gasteiger partial charge in [0.15, 0.2) is 0 Å². The van der Waals surface area contributed by atoms with Crippen molar-refractivity contribution in [2.45, 2.75) is 20.4 Å². The van der Waals surface area contributed by atoms with Crippen LogP contribution in [0, 0.1) is 6.92 Å². The van der Waals surface area contributed by atoms with Gasteiger partial charge in [0, 0.05) is 43.4 Å². The summed E-state index contributed by atoms with van der Waals surface area (Å²) < 4.78 is 0. The van der Waals surface area contributed by atoms with Crippen LogP contribution >= 0.6 is 0 Å². The van der Waals surface area contributed by atoms with Crippen molar-refractivity contribution in [2.75, 3.05) is 17.2 Å². The first-order valence-electron chi connectivity index (χ1n) is 6.13. The lowest BCUT2D eigenvalue weighted by Crippen LogP contribution is -2.04. The first kappa shape index (κ1) is 12.4. The molecule has 2 rings (SSSR count). The van der Waals surface area contributed by atoms with E-state index in [1.807, 2.05) is 30.6 Å². The van der Waals surface area contributed by atoms with Crippen molar-refractivity contribution in [3.63, 3.8) is 0 Å². The number of hydrogen-bond donors (Lipinski definition) is 2. The topological polar surface area (TPSA) is 49.8 Å². The van der Waals surface area contributed by atoms with Crippen LogP contribution in [-0.4, -0.2) is 16.5 Å². The van der Waals surface area contributed by atoms with Crippen LogP contribution < -0.4 is 10.6 Å². The molecule has 2 heterocycles. The van der Waals surface area contributed by atoms with Crippen molar-refractivity contribution in [3.8, 4) is 0 Å². The minimum atomic E-state index is 0.773. The Morgan fingerprint density at radius 3 is 2.83 bits per heavy atom. The first-order chi connectivity index (χ1) is 8.79. The van der Waals surface area contributed by atoms with E-state index in [1.54, 1.807) is 6.20 Å². The maximum Gasteiger partial charge on any atom is 0.127 e. The van der Waals surface area contributed by atoms with Gasteiger partial charge in [-0.2, -0.15) is 0 Å². The lowest BCUT2D eigenvalue weighted by atomic mass is 10.1. The van der Waals surface area contributed by atoms with E-state index in [-0.39, 0.29) is 0 Å². The standard InChI is InChI=1S/C14H18N4/c1-3-16-14-8-13(5-7-17-14)18-10-12-9-15-6-4-11(12)2/h4-9H,3,10H2,1-2H3,(H2,16,17,18). The van der Waals surface area contributed by atoms with Crippen LogP contribution in [0.2, 0.25) is 0 Å². The molecule has 0 amide bonds. The molecule has 2 aromatic rings. The number of nitrogens with one attached hydrogen (secondary N) is 2. The molecule has 2 N–H and O–H groups in total. The second-order valence-corrected chi connectivity index (χ2v) is 4.12. The summed E-state index contributed by atoms with van der Waals surface area (Å²) in [5, 5.41) is 6.57. The predicted molar refractivity (Wildman–Crippen MR) is 74.7 cm³/mol. The Bertz CT molecular complexity index is 511. The van der Waals surface area contributed by atoms with Gasteiger partial charge < -0.3 is 10.6 Å². The van der Waals surface area contributed by atoms with E-state index in [9.17, 15) is 0 Å². The Balaban J connectivity index is 2.02. The molecule has 0 fully saturated rings. The number of pyridine rings is 2. The molecule has 0 bridgehead atoms. The summed E-state index contributed by atoms with van der Waals surface area (Å²) in [5.74, 6) is 0.894. The molecule has 0 unspecified atom stereocenters. The quantitative estimate of drug-likeness (QED) is 0.846. The Kier molecular flexibility index (Phi) is 4.12. The van der Waals surface area contributed by atoms with Crippen LogP contribution in [0.15, 0.2) is 36.8 Å². The molecule has 0 saturated carbocycles. The molecule has 4 heteroatoms. The SMILES string of the molecule is CCNc1cc(NCc2cnccc2C)ccn1. The smallest absolute Gasteiger partial charge is 0.127 e. The minimum Gasteiger partial charge on any atom is -0.381 e. The van der Waals surface area contributed by atoms with E-state index >= 15 is 0 Å². The van der Waals surface area contributed by atoms with Gasteiger partial charge in [-0.1, -0.05) is 0 Å². The zero-order chi connectivity index (χ0) is 12.8. The first-order valence-corrected chi connectivity index (χ1v) is 6.13. The number of rotatable bonds is 5. The minimum absolute atomic E-state index is 0.773. The fourth-order valence-corrected chi connectivity index (χ4v) is 1.70. The second-order valence-electron chi connectivity index (χ2n) is 4.12. The van der Waals surface area contributed by atoms with Crippen molar-refractivity contribution >= 4 is 11.5 Å². The second kappa shape index (κ2) is 6.00. The summed E-state index contributed by atoms with van der Waals surface area (Å²) in [5.41, 5.74) is 3.52. The van der Waals surface area contributed by atoms with Gasteiger partial charge in [-0.15, -0.1) is 0 Å². The largest absolute Gasteiger partial charge is 0.381 e. The summed E-state index contributed by atoms with van der Waals surface area (Å²) in [6, 6.07) is 6.00. The number of anilines is 2. The highest BCUT2D eigenvalue weighted by Gasteiger charge is 1.99. The number of aromatic nitrogens is 2. The summed E-state index contributed by atoms with van der Waals surface area (Å²) in [6.07, 6.45) is 5.51. The van der Waals surface area contributed by atoms with Crippen molar-refractivity contribution in [3.05, 3.63) is 47.9 Å². The fourth-order valence-electron chi connectivity index (χ4n) is 1.70. The molecule has 18 heavy (non-hydrogen) atoms. The molecule has 0 aliphatic carbocycles. The van der Waals surface area contributed by atoms with Gasteiger partial charge >= 0.3 is 0 Å². The summed E-state index contributed by atoms with van der Waals surface area (Å²) in [7, 11) is 0. The number of nitrogens with zero attached hydrogens (tertiary/aromatic N) is 2. The van der Waals surface area contributed by atoms with E-state index in [0.717, 1.165) is 24.6 Å². The molecule has 0 radical (unpaired) electrons. The molecular weight excluding hydrogens is 224 g/mol. The van der Waals surface area contributed by atoms with Crippen molar-refractivity contribution in [1.82, 2.24) is 9.97 Å². The lowest BCUT2D eigenvalue weighted by molar-refractivity contribution is 1.08. The van der Waals surface area contributed by atoms with Crippen LogP contribution in [0.1, 0.15) is 18.1 Å². The molecule has 0 aliphatic heterocycles. The normalized spacial score (nSPS) is 10.1. The van der Waals surface area contributed by atoms with E-state index in [0.29, 0.717) is 0 Å². The molecular formula is C14H18N4. The van der Waals surface area contributed by atoms with E-state index in [2.05, 4.69) is 34.4 Å². The van der Waals surface area contributed by atoms with Gasteiger partial charge in [0.25, 0.3) is 0 Å². The van der Waals surface area contributed by atoms with E-state index < -0.39 is 0 Å². The van der Waals surface area contributed by atoms with Crippen molar-refractivity contribution in [2.24, 2.45) is 0 Å². The Morgan fingerprint density at radius 2 is 2.06 bits per heavy atom. The van der Waals surface area contributed by atoms with Crippen LogP contribution in [0.4, 0.5) is 11.5 Å². The summed E-state index contributed by atoms with van der Waals surface area (Å²) in [4.78, 5) is 8.38. The molecule has 0 spiro atoms. The average molecular weight is 242 g/mol. The van der Waals surface area contributed by atoms with Crippen LogP contribution in [0.25, 0.3) is 0 Å². The van der Waals surface area contributed by atoms with E-state index in [1.165, 1.54) is 11.1 Å². The zero-order valence-electron chi connectivity index (χ0n) is 10.8. The molecule has 0 atom stereocenters. The third-order valence-electron chi connectivity index (χ3n) is 2.75. The maximum atomic E-state index is 4.24. The summed E-state index contributed by atoms with van der Waals surface area (Å²) >= 11 is 0. The Hall–Kier alpha value is -2.10. The summed E-state index contributed by atoms with van der Waals surface area (Å²) in [6.45, 7) is 5.80. The maximum absolute atomic E-state index is 4.24. The lowest BCUT2D eigenvalue weighted by Gasteiger charge is -2.09. The third kappa shape index (κ3) is 3.20. The average Bonchev–Trinajstić information content (AvgIpc) is 2.39. The van der Waals surface area contributed by atoms with Gasteiger partial charge in [0.1, 0.15) is 5.82 Å². The fraction of sp³-hybridized carbons (Fsp3) is 0.286. The monoisotopic (exact) mass is 242 g/mol. The zero-order valence-corrected chi connectivity index (χ0v) is 10.8. The van der Waals surface area contributed by atoms with Gasteiger partial charge in [0.05, 0.1) is 0 Å². The molecule has 0 aromatic carbocycles. The van der Waals surface area contributed by atoms with E-state index in [4.69, 9.17) is 0 Å². The molecule has 4 nitrogen and oxygen atoms in total. The van der Waals surface area contributed by atoms with Gasteiger partial charge in [-0.05, 0) is 37.1 Å². The predicted octanol–water partition coefficient (Wildman–Crippen LogP) is 2.83. The molecule has 2 aromatic heterocycles. The highest BCUT2D eigenvalue weighted by atomic mass is 15.0. The van der Waals surface area contributed by atoms with Gasteiger partial charge in [-0.25, -0.2) is 4.98 Å². The van der Waals surface area contributed by atoms with Gasteiger partial charge in [0.2, 0.25) is 0 Å². The molecule has 94 valence electrons. The van der Waals surface area contributed by atoms with Crippen molar-refractivity contribution < 1.29 is 0 Å². The third-order valence-corrected chi connectivity index (χ3v) is 2.75. The molecule has 0 aliphatic rings. The van der Waals surface area contributed by atoms with Crippen molar-refractivity contribution in [1.29, 1.82) is 0 Å². The van der Waals surface area contributed by atoms with Crippen LogP contribution in [0.3, 0.4) is 0 Å². The van der Waals surface area contributed by atoms with Crippen LogP contribution in [-0.2, 0) is 6.54 Å². The Labute approximate surface area is 107 Å². The Morgan fingerprint density at radius 1 is 1.17 bits per heavy atom. The molecule has 0 saturated heterocycles. The number of hydrogen-bond acceptors (Lipinski definition) is 4.